The Morgan fingerprint density at radius 3 is 2.59 bits per heavy atom. The number of hydrogen-bond donors (Lipinski definition) is 3. The fourth-order valence-corrected chi connectivity index (χ4v) is 3.80. The fourth-order valence-electron chi connectivity index (χ4n) is 2.86. The minimum absolute atomic E-state index is 0.0191. The molecule has 0 unspecified atom stereocenters. The average Bonchev–Trinajstić information content (AvgIpc) is 3.31. The number of nitrogens with one attached hydrogen (secondary N) is 3. The maximum Gasteiger partial charge on any atom is 0.416 e. The zero-order chi connectivity index (χ0) is 19.5. The normalized spacial score (nSPS) is 19.1. The quantitative estimate of drug-likeness (QED) is 0.654. The number of imidazole rings is 1. The maximum absolute atomic E-state index is 12.7. The molecule has 0 bridgehead atoms. The van der Waals surface area contributed by atoms with E-state index in [1.54, 1.807) is 0 Å². The summed E-state index contributed by atoms with van der Waals surface area (Å²) in [6.07, 6.45) is -1.74. The Bertz CT molecular complexity index is 833. The second kappa shape index (κ2) is 7.87. The van der Waals surface area contributed by atoms with Crippen LogP contribution >= 0.6 is 0 Å². The Hall–Kier alpha value is -2.11. The van der Waals surface area contributed by atoms with E-state index in [0.29, 0.717) is 6.54 Å². The molecule has 0 aliphatic carbocycles. The van der Waals surface area contributed by atoms with Crippen LogP contribution in [0.3, 0.4) is 0 Å². The Labute approximate surface area is 154 Å². The summed E-state index contributed by atoms with van der Waals surface area (Å²) in [4.78, 5) is 6.20. The van der Waals surface area contributed by atoms with Crippen LogP contribution in [-0.4, -0.2) is 44.1 Å². The van der Waals surface area contributed by atoms with E-state index < -0.39 is 27.9 Å². The number of hydrogen-bond acceptors (Lipinski definition) is 5. The van der Waals surface area contributed by atoms with E-state index in [-0.39, 0.29) is 23.2 Å². The van der Waals surface area contributed by atoms with Crippen molar-refractivity contribution in [2.24, 2.45) is 5.92 Å². The molecule has 148 valence electrons. The molecule has 0 radical (unpaired) electrons. The molecule has 7 nitrogen and oxygen atoms in total. The van der Waals surface area contributed by atoms with E-state index >= 15 is 0 Å². The van der Waals surface area contributed by atoms with Gasteiger partial charge in [0, 0.05) is 19.0 Å². The van der Waals surface area contributed by atoms with Gasteiger partial charge in [-0.2, -0.15) is 13.2 Å². The van der Waals surface area contributed by atoms with Gasteiger partial charge >= 0.3 is 6.18 Å². The van der Waals surface area contributed by atoms with Crippen molar-refractivity contribution in [1.29, 1.82) is 0 Å². The van der Waals surface area contributed by atoms with Crippen molar-refractivity contribution in [3.63, 3.8) is 0 Å². The van der Waals surface area contributed by atoms with E-state index in [2.05, 4.69) is 20.0 Å². The molecule has 27 heavy (non-hydrogen) atoms. The zero-order valence-corrected chi connectivity index (χ0v) is 15.0. The number of rotatable bonds is 7. The Balaban J connectivity index is 1.70. The highest BCUT2D eigenvalue weighted by molar-refractivity contribution is 7.89. The molecule has 3 N–H and O–H groups in total. The first-order chi connectivity index (χ1) is 12.8. The van der Waals surface area contributed by atoms with Gasteiger partial charge in [0.2, 0.25) is 0 Å². The lowest BCUT2D eigenvalue weighted by Crippen LogP contribution is -2.40. The van der Waals surface area contributed by atoms with Crippen molar-refractivity contribution < 1.29 is 26.3 Å². The Morgan fingerprint density at radius 1 is 1.30 bits per heavy atom. The van der Waals surface area contributed by atoms with Crippen molar-refractivity contribution in [2.45, 2.75) is 23.7 Å². The van der Waals surface area contributed by atoms with Gasteiger partial charge in [0.15, 0.2) is 5.03 Å². The minimum Gasteiger partial charge on any atom is -0.489 e. The highest BCUT2D eigenvalue weighted by Crippen LogP contribution is 2.31. The predicted molar refractivity (Wildman–Crippen MR) is 90.6 cm³/mol. The van der Waals surface area contributed by atoms with Gasteiger partial charge in [0.1, 0.15) is 11.9 Å². The van der Waals surface area contributed by atoms with Crippen LogP contribution < -0.4 is 14.8 Å². The number of nitrogens with zero attached hydrogens (tertiary/aromatic N) is 1. The van der Waals surface area contributed by atoms with Crippen LogP contribution in [0.2, 0.25) is 0 Å². The topological polar surface area (TPSA) is 96.1 Å². The number of aromatic amines is 1. The molecule has 0 amide bonds. The molecule has 2 heterocycles. The van der Waals surface area contributed by atoms with Gasteiger partial charge in [-0.25, -0.2) is 18.1 Å². The molecule has 1 fully saturated rings. The molecule has 1 aliphatic heterocycles. The number of halogens is 3. The summed E-state index contributed by atoms with van der Waals surface area (Å²) in [7, 11) is -3.78. The van der Waals surface area contributed by atoms with Gasteiger partial charge in [-0.3, -0.25) is 0 Å². The number of benzene rings is 1. The molecule has 1 saturated heterocycles. The van der Waals surface area contributed by atoms with Crippen molar-refractivity contribution in [2.75, 3.05) is 19.6 Å². The number of alkyl halides is 3. The second-order valence-electron chi connectivity index (χ2n) is 6.20. The Kier molecular flexibility index (Phi) is 5.72. The standard InChI is InChI=1S/C16H19F3N4O3S/c17-16(18,19)12-1-3-13(4-2-12)26-14(11-5-6-20-7-11)8-23-27(24,25)15-9-21-10-22-15/h1-4,9-11,14,20,23H,5-8H2,(H,21,22)/t11-,14+/m0/s1. The molecule has 1 aromatic carbocycles. The van der Waals surface area contributed by atoms with Crippen LogP contribution in [0.4, 0.5) is 13.2 Å². The van der Waals surface area contributed by atoms with E-state index in [4.69, 9.17) is 4.74 Å². The zero-order valence-electron chi connectivity index (χ0n) is 14.2. The fraction of sp³-hybridized carbons (Fsp3) is 0.438. The van der Waals surface area contributed by atoms with E-state index in [0.717, 1.165) is 25.1 Å². The SMILES string of the molecule is O=S(=O)(NC[C@@H](Oc1ccc(C(F)(F)F)cc1)[C@H]1CCNC1)c1cnc[nH]1. The van der Waals surface area contributed by atoms with Gasteiger partial charge in [-0.1, -0.05) is 0 Å². The molecule has 1 aromatic heterocycles. The van der Waals surface area contributed by atoms with Crippen LogP contribution in [-0.2, 0) is 16.2 Å². The van der Waals surface area contributed by atoms with Crippen LogP contribution in [0.5, 0.6) is 5.75 Å². The van der Waals surface area contributed by atoms with Gasteiger partial charge in [0.05, 0.1) is 18.1 Å². The van der Waals surface area contributed by atoms with Gasteiger partial charge in [-0.15, -0.1) is 0 Å². The number of ether oxygens (including phenoxy) is 1. The van der Waals surface area contributed by atoms with Crippen molar-refractivity contribution in [3.8, 4) is 5.75 Å². The molecule has 1 aliphatic rings. The molecule has 0 saturated carbocycles. The van der Waals surface area contributed by atoms with Crippen LogP contribution in [0.1, 0.15) is 12.0 Å². The first-order valence-electron chi connectivity index (χ1n) is 8.28. The summed E-state index contributed by atoms with van der Waals surface area (Å²) >= 11 is 0. The van der Waals surface area contributed by atoms with Crippen molar-refractivity contribution in [3.05, 3.63) is 42.4 Å². The highest BCUT2D eigenvalue weighted by Gasteiger charge is 2.31. The van der Waals surface area contributed by atoms with Crippen LogP contribution in [0.15, 0.2) is 41.8 Å². The lowest BCUT2D eigenvalue weighted by Gasteiger charge is -2.24. The molecule has 2 aromatic rings. The summed E-state index contributed by atoms with van der Waals surface area (Å²) < 4.78 is 70.8. The van der Waals surface area contributed by atoms with Crippen molar-refractivity contribution in [1.82, 2.24) is 20.0 Å². The minimum atomic E-state index is -4.42. The maximum atomic E-state index is 12.7. The van der Waals surface area contributed by atoms with Crippen molar-refractivity contribution >= 4 is 10.0 Å². The monoisotopic (exact) mass is 404 g/mol. The second-order valence-corrected chi connectivity index (χ2v) is 7.93. The highest BCUT2D eigenvalue weighted by atomic mass is 32.2. The Morgan fingerprint density at radius 2 is 2.04 bits per heavy atom. The first kappa shape index (κ1) is 19.6. The molecular formula is C16H19F3N4O3S. The smallest absolute Gasteiger partial charge is 0.416 e. The van der Waals surface area contributed by atoms with Crippen LogP contribution in [0, 0.1) is 5.92 Å². The van der Waals surface area contributed by atoms with E-state index in [9.17, 15) is 21.6 Å². The summed E-state index contributed by atoms with van der Waals surface area (Å²) in [5.41, 5.74) is -0.770. The number of H-pyrrole nitrogens is 1. The summed E-state index contributed by atoms with van der Waals surface area (Å²) in [6.45, 7) is 1.39. The third-order valence-electron chi connectivity index (χ3n) is 4.33. The number of sulfonamides is 1. The molecule has 3 rings (SSSR count). The summed E-state index contributed by atoms with van der Waals surface area (Å²) in [5.74, 6) is 0.275. The van der Waals surface area contributed by atoms with E-state index in [1.165, 1.54) is 24.7 Å². The summed E-state index contributed by atoms with van der Waals surface area (Å²) in [6, 6.07) is 4.35. The summed E-state index contributed by atoms with van der Waals surface area (Å²) in [5, 5.41) is 3.10. The molecule has 2 atom stereocenters. The third-order valence-corrected chi connectivity index (χ3v) is 5.68. The van der Waals surface area contributed by atoms with Gasteiger partial charge in [0.25, 0.3) is 10.0 Å². The lowest BCUT2D eigenvalue weighted by atomic mass is 10.0. The molecule has 11 heteroatoms. The van der Waals surface area contributed by atoms with Gasteiger partial charge in [-0.05, 0) is 37.2 Å². The van der Waals surface area contributed by atoms with Crippen LogP contribution in [0.25, 0.3) is 0 Å². The molecular weight excluding hydrogens is 385 g/mol. The van der Waals surface area contributed by atoms with Gasteiger partial charge < -0.3 is 15.0 Å². The first-order valence-corrected chi connectivity index (χ1v) is 9.77. The molecule has 0 spiro atoms. The average molecular weight is 404 g/mol. The largest absolute Gasteiger partial charge is 0.489 e. The number of aromatic nitrogens is 2. The third kappa shape index (κ3) is 4.99. The van der Waals surface area contributed by atoms with E-state index in [1.807, 2.05) is 0 Å². The lowest BCUT2D eigenvalue weighted by molar-refractivity contribution is -0.137. The predicted octanol–water partition coefficient (Wildman–Crippen LogP) is 1.76.